The van der Waals surface area contributed by atoms with Crippen LogP contribution in [0, 0.1) is 0 Å². The van der Waals surface area contributed by atoms with Gasteiger partial charge in [0, 0.05) is 24.4 Å². The normalized spacial score (nSPS) is 14.5. The molecule has 0 atom stereocenters. The fourth-order valence-corrected chi connectivity index (χ4v) is 3.27. The molecule has 0 amide bonds. The molecule has 96 valence electrons. The molecule has 3 aromatic rings. The van der Waals surface area contributed by atoms with Gasteiger partial charge in [0.25, 0.3) is 0 Å². The summed E-state index contributed by atoms with van der Waals surface area (Å²) in [5.74, 6) is 0.750. The molecule has 0 unspecified atom stereocenters. The Bertz CT molecular complexity index is 673. The maximum absolute atomic E-state index is 4.62. The van der Waals surface area contributed by atoms with E-state index in [0.29, 0.717) is 0 Å². The van der Waals surface area contributed by atoms with E-state index in [2.05, 4.69) is 25.6 Å². The summed E-state index contributed by atoms with van der Waals surface area (Å²) in [5.41, 5.74) is 3.21. The fraction of sp³-hybridized carbons (Fsp3) is 0.231. The van der Waals surface area contributed by atoms with Gasteiger partial charge in [-0.3, -0.25) is 0 Å². The van der Waals surface area contributed by atoms with Crippen LogP contribution in [0.2, 0.25) is 0 Å². The molecule has 0 aliphatic carbocycles. The van der Waals surface area contributed by atoms with Crippen molar-refractivity contribution in [3.8, 4) is 0 Å². The minimum Gasteiger partial charge on any atom is -0.324 e. The van der Waals surface area contributed by atoms with Crippen molar-refractivity contribution in [3.63, 3.8) is 0 Å². The summed E-state index contributed by atoms with van der Waals surface area (Å²) in [6, 6.07) is 8.00. The first kappa shape index (κ1) is 11.0. The highest BCUT2D eigenvalue weighted by Crippen LogP contribution is 2.27. The predicted molar refractivity (Wildman–Crippen MR) is 76.9 cm³/mol. The lowest BCUT2D eigenvalue weighted by Gasteiger charge is -2.09. The van der Waals surface area contributed by atoms with Crippen molar-refractivity contribution in [1.82, 2.24) is 20.3 Å². The molecule has 4 rings (SSSR count). The van der Waals surface area contributed by atoms with E-state index in [-0.39, 0.29) is 0 Å². The van der Waals surface area contributed by atoms with Gasteiger partial charge in [-0.1, -0.05) is 12.1 Å². The van der Waals surface area contributed by atoms with Crippen LogP contribution in [0.15, 0.2) is 24.3 Å². The number of hydrogen-bond donors (Lipinski definition) is 3. The maximum atomic E-state index is 4.62. The molecule has 5 nitrogen and oxygen atoms in total. The van der Waals surface area contributed by atoms with E-state index in [1.54, 1.807) is 11.3 Å². The van der Waals surface area contributed by atoms with Crippen LogP contribution >= 0.6 is 11.3 Å². The molecule has 1 aliphatic heterocycles. The van der Waals surface area contributed by atoms with E-state index in [4.69, 9.17) is 0 Å². The Morgan fingerprint density at radius 3 is 3.05 bits per heavy atom. The quantitative estimate of drug-likeness (QED) is 0.669. The second-order valence-electron chi connectivity index (χ2n) is 4.54. The minimum atomic E-state index is 0.750. The first-order valence-electron chi connectivity index (χ1n) is 6.29. The first-order valence-corrected chi connectivity index (χ1v) is 7.11. The van der Waals surface area contributed by atoms with E-state index in [1.165, 1.54) is 10.6 Å². The Labute approximate surface area is 114 Å². The molecular formula is C13H13N5S. The molecule has 3 heterocycles. The lowest BCUT2D eigenvalue weighted by molar-refractivity contribution is 0.644. The predicted octanol–water partition coefficient (Wildman–Crippen LogP) is 2.41. The molecule has 0 saturated heterocycles. The summed E-state index contributed by atoms with van der Waals surface area (Å²) in [7, 11) is 0. The van der Waals surface area contributed by atoms with Gasteiger partial charge in [-0.25, -0.2) is 9.97 Å². The van der Waals surface area contributed by atoms with Crippen LogP contribution in [0.25, 0.3) is 11.0 Å². The lowest BCUT2D eigenvalue weighted by atomic mass is 10.2. The highest BCUT2D eigenvalue weighted by Gasteiger charge is 2.15. The zero-order valence-corrected chi connectivity index (χ0v) is 11.0. The summed E-state index contributed by atoms with van der Waals surface area (Å²) in [6.45, 7) is 1.94. The van der Waals surface area contributed by atoms with Gasteiger partial charge in [0.2, 0.25) is 5.95 Å². The van der Waals surface area contributed by atoms with Gasteiger partial charge in [-0.15, -0.1) is 11.3 Å². The zero-order valence-electron chi connectivity index (χ0n) is 10.2. The number of H-pyrrole nitrogens is 1. The third kappa shape index (κ3) is 1.98. The Kier molecular flexibility index (Phi) is 2.49. The molecule has 0 fully saturated rings. The van der Waals surface area contributed by atoms with E-state index < -0.39 is 0 Å². The van der Waals surface area contributed by atoms with Crippen LogP contribution in [0.3, 0.4) is 0 Å². The van der Waals surface area contributed by atoms with Gasteiger partial charge in [-0.2, -0.15) is 0 Å². The van der Waals surface area contributed by atoms with Gasteiger partial charge in [0.1, 0.15) is 0 Å². The van der Waals surface area contributed by atoms with Crippen LogP contribution in [0.5, 0.6) is 0 Å². The molecule has 19 heavy (non-hydrogen) atoms. The molecular weight excluding hydrogens is 258 g/mol. The van der Waals surface area contributed by atoms with E-state index in [1.807, 2.05) is 24.3 Å². The standard InChI is InChI=1S/C13H13N5S/c1-2-4-9-8(3-1)15-12(16-9)18-13-17-10-5-6-14-7-11(10)19-13/h1-4,14H,5-7H2,(H2,15,16,17,18). The SMILES string of the molecule is c1ccc2[nH]c(Nc3nc4c(s3)CNCC4)nc2c1. The van der Waals surface area contributed by atoms with Crippen LogP contribution in [0.4, 0.5) is 11.1 Å². The number of anilines is 2. The Balaban J connectivity index is 1.65. The molecule has 2 aromatic heterocycles. The van der Waals surface area contributed by atoms with E-state index in [9.17, 15) is 0 Å². The number of nitrogens with one attached hydrogen (secondary N) is 3. The van der Waals surface area contributed by atoms with Crippen molar-refractivity contribution in [1.29, 1.82) is 0 Å². The summed E-state index contributed by atoms with van der Waals surface area (Å²) in [6.07, 6.45) is 1.01. The van der Waals surface area contributed by atoms with E-state index >= 15 is 0 Å². The highest BCUT2D eigenvalue weighted by atomic mass is 32.1. The van der Waals surface area contributed by atoms with Crippen molar-refractivity contribution in [3.05, 3.63) is 34.8 Å². The Hall–Kier alpha value is -1.92. The Morgan fingerprint density at radius 1 is 1.21 bits per heavy atom. The number of benzene rings is 1. The number of imidazole rings is 1. The van der Waals surface area contributed by atoms with Crippen LogP contribution in [0.1, 0.15) is 10.6 Å². The number of aromatic amines is 1. The molecule has 0 saturated carbocycles. The van der Waals surface area contributed by atoms with Crippen LogP contribution in [-0.2, 0) is 13.0 Å². The third-order valence-corrected chi connectivity index (χ3v) is 4.23. The average Bonchev–Trinajstić information content (AvgIpc) is 3.00. The second kappa shape index (κ2) is 4.32. The van der Waals surface area contributed by atoms with Crippen molar-refractivity contribution in [2.75, 3.05) is 11.9 Å². The smallest absolute Gasteiger partial charge is 0.207 e. The average molecular weight is 271 g/mol. The number of hydrogen-bond acceptors (Lipinski definition) is 5. The molecule has 1 aromatic carbocycles. The third-order valence-electron chi connectivity index (χ3n) is 3.22. The number of aromatic nitrogens is 3. The van der Waals surface area contributed by atoms with E-state index in [0.717, 1.165) is 41.6 Å². The molecule has 0 spiro atoms. The number of thiazole rings is 1. The van der Waals surface area contributed by atoms with Crippen LogP contribution < -0.4 is 10.6 Å². The molecule has 0 bridgehead atoms. The van der Waals surface area contributed by atoms with Gasteiger partial charge < -0.3 is 15.6 Å². The van der Waals surface area contributed by atoms with Gasteiger partial charge >= 0.3 is 0 Å². The molecule has 3 N–H and O–H groups in total. The number of rotatable bonds is 2. The van der Waals surface area contributed by atoms with Crippen LogP contribution in [-0.4, -0.2) is 21.5 Å². The van der Waals surface area contributed by atoms with Gasteiger partial charge in [0.05, 0.1) is 16.7 Å². The second-order valence-corrected chi connectivity index (χ2v) is 5.63. The Morgan fingerprint density at radius 2 is 2.16 bits per heavy atom. The summed E-state index contributed by atoms with van der Waals surface area (Å²) < 4.78 is 0. The maximum Gasteiger partial charge on any atom is 0.207 e. The van der Waals surface area contributed by atoms with Crippen molar-refractivity contribution in [2.24, 2.45) is 0 Å². The fourth-order valence-electron chi connectivity index (χ4n) is 2.29. The first-order chi connectivity index (χ1) is 9.38. The van der Waals surface area contributed by atoms with Crippen molar-refractivity contribution in [2.45, 2.75) is 13.0 Å². The summed E-state index contributed by atoms with van der Waals surface area (Å²) in [4.78, 5) is 13.7. The zero-order chi connectivity index (χ0) is 12.7. The van der Waals surface area contributed by atoms with Crippen molar-refractivity contribution < 1.29 is 0 Å². The molecule has 1 aliphatic rings. The number of fused-ring (bicyclic) bond motifs is 2. The summed E-state index contributed by atoms with van der Waals surface area (Å²) >= 11 is 1.70. The largest absolute Gasteiger partial charge is 0.324 e. The van der Waals surface area contributed by atoms with Gasteiger partial charge in [-0.05, 0) is 12.1 Å². The summed E-state index contributed by atoms with van der Waals surface area (Å²) in [5, 5.41) is 7.53. The minimum absolute atomic E-state index is 0.750. The van der Waals surface area contributed by atoms with Crippen molar-refractivity contribution >= 4 is 33.5 Å². The number of nitrogens with zero attached hydrogens (tertiary/aromatic N) is 2. The van der Waals surface area contributed by atoms with Gasteiger partial charge in [0.15, 0.2) is 5.13 Å². The topological polar surface area (TPSA) is 65.6 Å². The monoisotopic (exact) mass is 271 g/mol. The highest BCUT2D eigenvalue weighted by molar-refractivity contribution is 7.15. The lowest BCUT2D eigenvalue weighted by Crippen LogP contribution is -2.22. The molecule has 6 heteroatoms. The molecule has 0 radical (unpaired) electrons. The number of para-hydroxylation sites is 2.